The van der Waals surface area contributed by atoms with E-state index in [2.05, 4.69) is 26.0 Å². The van der Waals surface area contributed by atoms with E-state index < -0.39 is 48.0 Å². The molecule has 2 aromatic heterocycles. The van der Waals surface area contributed by atoms with Crippen molar-refractivity contribution in [1.29, 1.82) is 0 Å². The van der Waals surface area contributed by atoms with Crippen molar-refractivity contribution in [2.45, 2.75) is 30.6 Å². The van der Waals surface area contributed by atoms with Gasteiger partial charge in [0.1, 0.15) is 17.7 Å². The molecular formula is C20H17F6N7O. The minimum Gasteiger partial charge on any atom is -0.363 e. The second-order valence-electron chi connectivity index (χ2n) is 7.63. The third-order valence-electron chi connectivity index (χ3n) is 5.22. The highest BCUT2D eigenvalue weighted by Crippen LogP contribution is 2.50. The van der Waals surface area contributed by atoms with E-state index in [1.807, 2.05) is 0 Å². The molecule has 0 unspecified atom stereocenters. The smallest absolute Gasteiger partial charge is 0.363 e. The summed E-state index contributed by atoms with van der Waals surface area (Å²) < 4.78 is 83.8. The van der Waals surface area contributed by atoms with Crippen molar-refractivity contribution in [2.24, 2.45) is 12.1 Å². The molecule has 1 aliphatic heterocycles. The largest absolute Gasteiger partial charge is 0.455 e. The molecule has 34 heavy (non-hydrogen) atoms. The first-order valence-corrected chi connectivity index (χ1v) is 9.84. The molecule has 2 N–H and O–H groups in total. The zero-order valence-corrected chi connectivity index (χ0v) is 17.4. The highest BCUT2D eigenvalue weighted by atomic mass is 19.4. The van der Waals surface area contributed by atoms with Gasteiger partial charge in [0.05, 0.1) is 18.5 Å². The van der Waals surface area contributed by atoms with Crippen molar-refractivity contribution in [3.8, 4) is 0 Å². The fourth-order valence-electron chi connectivity index (χ4n) is 3.55. The topological polar surface area (TPSA) is 89.1 Å². The molecule has 0 saturated heterocycles. The summed E-state index contributed by atoms with van der Waals surface area (Å²) in [5.74, 6) is -6.89. The van der Waals surface area contributed by atoms with Gasteiger partial charge in [0.2, 0.25) is 0 Å². The lowest BCUT2D eigenvalue weighted by molar-refractivity contribution is -0.301. The molecular weight excluding hydrogens is 468 g/mol. The van der Waals surface area contributed by atoms with Gasteiger partial charge in [0.25, 0.3) is 5.91 Å². The van der Waals surface area contributed by atoms with Crippen LogP contribution in [0.3, 0.4) is 0 Å². The van der Waals surface area contributed by atoms with Gasteiger partial charge in [-0.3, -0.25) is 9.48 Å². The third kappa shape index (κ3) is 4.47. The number of benzene rings is 1. The Kier molecular flexibility index (Phi) is 5.83. The molecule has 0 spiro atoms. The number of anilines is 1. The fourth-order valence-corrected chi connectivity index (χ4v) is 3.55. The number of fused-ring (bicyclic) bond motifs is 1. The van der Waals surface area contributed by atoms with Crippen LogP contribution in [-0.4, -0.2) is 43.8 Å². The number of amides is 1. The van der Waals surface area contributed by atoms with Gasteiger partial charge in [0, 0.05) is 31.3 Å². The monoisotopic (exact) mass is 485 g/mol. The maximum atomic E-state index is 14.4. The number of rotatable bonds is 5. The van der Waals surface area contributed by atoms with Gasteiger partial charge in [-0.05, 0) is 17.7 Å². The Bertz CT molecular complexity index is 1210. The Morgan fingerprint density at radius 2 is 1.94 bits per heavy atom. The number of carbonyl (C=O) groups is 1. The average molecular weight is 485 g/mol. The summed E-state index contributed by atoms with van der Waals surface area (Å²) in [5, 5.41) is 14.1. The van der Waals surface area contributed by atoms with Crippen LogP contribution in [0, 0.1) is 5.82 Å². The second kappa shape index (κ2) is 8.50. The Hall–Kier alpha value is -3.84. The summed E-state index contributed by atoms with van der Waals surface area (Å²) >= 11 is 0. The van der Waals surface area contributed by atoms with Gasteiger partial charge < -0.3 is 5.32 Å². The number of hydrogen-bond donors (Lipinski definition) is 2. The quantitative estimate of drug-likeness (QED) is 0.327. The number of halogens is 6. The van der Waals surface area contributed by atoms with Gasteiger partial charge in [-0.25, -0.2) is 14.5 Å². The van der Waals surface area contributed by atoms with E-state index in [1.54, 1.807) is 13.2 Å². The minimum absolute atomic E-state index is 0.226. The maximum absolute atomic E-state index is 14.4. The lowest BCUT2D eigenvalue weighted by Gasteiger charge is -2.37. The number of hydrazone groups is 1. The van der Waals surface area contributed by atoms with E-state index in [1.165, 1.54) is 29.2 Å². The van der Waals surface area contributed by atoms with Crippen molar-refractivity contribution in [3.63, 3.8) is 0 Å². The summed E-state index contributed by atoms with van der Waals surface area (Å²) in [6.45, 7) is 0. The molecule has 8 nitrogen and oxygen atoms in total. The number of alkyl halides is 5. The first kappa shape index (κ1) is 23.3. The third-order valence-corrected chi connectivity index (χ3v) is 5.22. The molecule has 3 heterocycles. The van der Waals surface area contributed by atoms with Gasteiger partial charge >= 0.3 is 12.1 Å². The molecule has 4 rings (SSSR count). The van der Waals surface area contributed by atoms with Crippen LogP contribution in [0.5, 0.6) is 0 Å². The van der Waals surface area contributed by atoms with E-state index in [0.29, 0.717) is 15.8 Å². The highest BCUT2D eigenvalue weighted by molar-refractivity contribution is 5.93. The van der Waals surface area contributed by atoms with Crippen LogP contribution in [0.25, 0.3) is 0 Å². The molecule has 180 valence electrons. The van der Waals surface area contributed by atoms with Crippen molar-refractivity contribution in [1.82, 2.24) is 25.0 Å². The van der Waals surface area contributed by atoms with Gasteiger partial charge in [0.15, 0.2) is 5.69 Å². The van der Waals surface area contributed by atoms with E-state index in [9.17, 15) is 31.1 Å². The molecule has 1 aromatic carbocycles. The number of carbonyl (C=O) groups excluding carboxylic acids is 1. The number of hydrogen-bond acceptors (Lipinski definition) is 5. The van der Waals surface area contributed by atoms with E-state index in [-0.39, 0.29) is 5.82 Å². The van der Waals surface area contributed by atoms with Crippen molar-refractivity contribution >= 4 is 17.9 Å². The maximum Gasteiger partial charge on any atom is 0.455 e. The highest BCUT2D eigenvalue weighted by Gasteiger charge is 2.64. The molecule has 0 saturated carbocycles. The van der Waals surface area contributed by atoms with Gasteiger partial charge in [-0.15, -0.1) is 0 Å². The molecule has 1 amide bonds. The normalized spacial score (nSPS) is 18.6. The standard InChI is InChI=1S/C20H17F6N7O/c1-32-10-11(9-28-32)8-27-30-18(34)15-7-17-29-14(12-2-4-13(21)5-3-12)6-16(33(17)31-15)19(22,23)20(24,25)26/h2-5,7-10,14,16,29H,6H2,1H3,(H,30,34)/b27-8-/t14-,16+/m1/s1. The summed E-state index contributed by atoms with van der Waals surface area (Å²) in [7, 11) is 1.67. The van der Waals surface area contributed by atoms with Gasteiger partial charge in [-0.1, -0.05) is 12.1 Å². The minimum atomic E-state index is -5.86. The number of aryl methyl sites for hydroxylation is 1. The molecule has 0 radical (unpaired) electrons. The van der Waals surface area contributed by atoms with Crippen LogP contribution < -0.4 is 10.7 Å². The number of nitrogens with one attached hydrogen (secondary N) is 2. The molecule has 0 bridgehead atoms. The van der Waals surface area contributed by atoms with Crippen LogP contribution in [0.4, 0.5) is 32.2 Å². The Morgan fingerprint density at radius 3 is 2.56 bits per heavy atom. The molecule has 0 aliphatic carbocycles. The predicted octanol–water partition coefficient (Wildman–Crippen LogP) is 3.82. The van der Waals surface area contributed by atoms with E-state index in [4.69, 9.17) is 0 Å². The fraction of sp³-hybridized carbons (Fsp3) is 0.300. The molecule has 1 aliphatic rings. The van der Waals surface area contributed by atoms with Crippen molar-refractivity contribution in [3.05, 3.63) is 65.4 Å². The molecule has 0 fully saturated rings. The molecule has 14 heteroatoms. The zero-order valence-electron chi connectivity index (χ0n) is 17.4. The summed E-state index contributed by atoms with van der Waals surface area (Å²) in [6.07, 6.45) is -2.23. The van der Waals surface area contributed by atoms with Crippen LogP contribution in [0.15, 0.2) is 47.8 Å². The lowest BCUT2D eigenvalue weighted by atomic mass is 9.93. The second-order valence-corrected chi connectivity index (χ2v) is 7.63. The first-order chi connectivity index (χ1) is 16.0. The predicted molar refractivity (Wildman–Crippen MR) is 108 cm³/mol. The Labute approximate surface area is 188 Å². The van der Waals surface area contributed by atoms with Gasteiger partial charge in [-0.2, -0.15) is 37.3 Å². The van der Waals surface area contributed by atoms with Crippen molar-refractivity contribution < 1.29 is 31.1 Å². The number of aromatic nitrogens is 4. The first-order valence-electron chi connectivity index (χ1n) is 9.84. The molecule has 3 aromatic rings. The Balaban J connectivity index is 1.63. The van der Waals surface area contributed by atoms with Crippen molar-refractivity contribution in [2.75, 3.05) is 5.32 Å². The van der Waals surface area contributed by atoms with Crippen LogP contribution in [0.2, 0.25) is 0 Å². The summed E-state index contributed by atoms with van der Waals surface area (Å²) in [5.41, 5.74) is 2.57. The summed E-state index contributed by atoms with van der Waals surface area (Å²) in [6, 6.07) is 2.29. The Morgan fingerprint density at radius 1 is 1.24 bits per heavy atom. The van der Waals surface area contributed by atoms with E-state index >= 15 is 0 Å². The molecule has 2 atom stereocenters. The summed E-state index contributed by atoms with van der Waals surface area (Å²) in [4.78, 5) is 12.4. The van der Waals surface area contributed by atoms with Crippen LogP contribution in [0.1, 0.15) is 40.1 Å². The number of nitrogens with zero attached hydrogens (tertiary/aromatic N) is 5. The van der Waals surface area contributed by atoms with Crippen LogP contribution in [-0.2, 0) is 7.05 Å². The SMILES string of the molecule is Cn1cc(/C=N\NC(=O)c2cc3n(n2)[C@H](C(F)(F)C(F)(F)F)C[C@H](c2ccc(F)cc2)N3)cn1. The lowest BCUT2D eigenvalue weighted by Crippen LogP contribution is -2.47. The average Bonchev–Trinajstić information content (AvgIpc) is 3.38. The zero-order chi connectivity index (χ0) is 24.7. The van der Waals surface area contributed by atoms with Crippen LogP contribution >= 0.6 is 0 Å². The van der Waals surface area contributed by atoms with E-state index in [0.717, 1.165) is 18.2 Å².